The maximum atomic E-state index is 6.97. The Morgan fingerprint density at radius 2 is 1.35 bits per heavy atom. The monoisotopic (exact) mass is 314 g/mol. The summed E-state index contributed by atoms with van der Waals surface area (Å²) in [6.07, 6.45) is 12.2. The maximum Gasteiger partial charge on any atom is 0.174 e. The predicted molar refractivity (Wildman–Crippen MR) is 96.5 cm³/mol. The molecule has 3 heteroatoms. The second-order valence-electron chi connectivity index (χ2n) is 8.09. The molecule has 0 atom stereocenters. The zero-order valence-electron chi connectivity index (χ0n) is 15.0. The molecule has 0 unspecified atom stereocenters. The summed E-state index contributed by atoms with van der Waals surface area (Å²) < 4.78 is 6.97. The Kier molecular flexibility index (Phi) is 7.00. The average molecular weight is 315 g/mol. The first-order valence-electron chi connectivity index (χ1n) is 8.99. The van der Waals surface area contributed by atoms with E-state index in [1.54, 1.807) is 0 Å². The Labute approximate surface area is 129 Å². The lowest BCUT2D eigenvalue weighted by atomic mass is 9.88. The van der Waals surface area contributed by atoms with Crippen molar-refractivity contribution < 1.29 is 4.43 Å². The highest BCUT2D eigenvalue weighted by Gasteiger charge is 2.52. The van der Waals surface area contributed by atoms with Crippen molar-refractivity contribution in [1.82, 2.24) is 0 Å². The third-order valence-corrected chi connectivity index (χ3v) is 22.3. The van der Waals surface area contributed by atoms with Crippen LogP contribution in [0.15, 0.2) is 0 Å². The van der Waals surface area contributed by atoms with Gasteiger partial charge in [0.15, 0.2) is 7.83 Å². The van der Waals surface area contributed by atoms with Gasteiger partial charge in [-0.2, -0.15) is 0 Å². The number of unbranched alkanes of at least 4 members (excludes halogenated alkanes) is 4. The minimum absolute atomic E-state index is 0.266. The van der Waals surface area contributed by atoms with Crippen LogP contribution in [0.4, 0.5) is 0 Å². The van der Waals surface area contributed by atoms with Gasteiger partial charge in [0.2, 0.25) is 0 Å². The van der Waals surface area contributed by atoms with Crippen molar-refractivity contribution in [3.63, 3.8) is 0 Å². The molecule has 1 fully saturated rings. The summed E-state index contributed by atoms with van der Waals surface area (Å²) in [5.74, 6) is 0. The summed E-state index contributed by atoms with van der Waals surface area (Å²) in [6.45, 7) is 14.8. The molecule has 1 aliphatic heterocycles. The van der Waals surface area contributed by atoms with E-state index in [1.807, 2.05) is 0 Å². The van der Waals surface area contributed by atoms with Gasteiger partial charge in [0.1, 0.15) is 0 Å². The lowest BCUT2D eigenvalue weighted by Gasteiger charge is -2.52. The number of hydrogen-bond acceptors (Lipinski definition) is 1. The normalized spacial score (nSPS) is 23.7. The molecular weight excluding hydrogens is 276 g/mol. The van der Waals surface area contributed by atoms with E-state index < -0.39 is 15.4 Å². The summed E-state index contributed by atoms with van der Waals surface area (Å²) in [4.78, 5) is 0. The zero-order valence-corrected chi connectivity index (χ0v) is 17.0. The molecule has 1 nitrogen and oxygen atoms in total. The van der Waals surface area contributed by atoms with E-state index in [0.717, 1.165) is 0 Å². The fourth-order valence-corrected chi connectivity index (χ4v) is 10.5. The fraction of sp³-hybridized carbons (Fsp3) is 1.00. The topological polar surface area (TPSA) is 9.23 Å². The molecule has 1 heterocycles. The highest BCUT2D eigenvalue weighted by molar-refractivity contribution is 7.38. The summed E-state index contributed by atoms with van der Waals surface area (Å²) in [5, 5.41) is 0. The van der Waals surface area contributed by atoms with E-state index in [2.05, 4.69) is 40.0 Å². The highest BCUT2D eigenvalue weighted by atomic mass is 29.3. The lowest BCUT2D eigenvalue weighted by molar-refractivity contribution is 0.0301. The van der Waals surface area contributed by atoms with Crippen LogP contribution in [0.25, 0.3) is 0 Å². The average Bonchev–Trinajstić information content (AvgIpc) is 2.35. The molecule has 0 aliphatic carbocycles. The van der Waals surface area contributed by atoms with Crippen molar-refractivity contribution in [2.24, 2.45) is 0 Å². The van der Waals surface area contributed by atoms with E-state index >= 15 is 0 Å². The fourth-order valence-electron chi connectivity index (χ4n) is 3.44. The number of hydrogen-bond donors (Lipinski definition) is 0. The van der Waals surface area contributed by atoms with Crippen LogP contribution in [0.2, 0.25) is 32.2 Å². The quantitative estimate of drug-likeness (QED) is 0.377. The van der Waals surface area contributed by atoms with Gasteiger partial charge in [-0.05, 0) is 32.4 Å². The molecule has 0 aromatic heterocycles. The third kappa shape index (κ3) is 4.70. The van der Waals surface area contributed by atoms with Crippen LogP contribution in [0, 0.1) is 0 Å². The Morgan fingerprint density at radius 3 is 1.75 bits per heavy atom. The van der Waals surface area contributed by atoms with Crippen molar-refractivity contribution in [2.45, 2.75) is 109 Å². The molecule has 20 heavy (non-hydrogen) atoms. The van der Waals surface area contributed by atoms with Gasteiger partial charge in [0, 0.05) is 0 Å². The van der Waals surface area contributed by atoms with Gasteiger partial charge in [-0.15, -0.1) is 0 Å². The first-order valence-corrected chi connectivity index (χ1v) is 16.1. The van der Waals surface area contributed by atoms with Crippen LogP contribution >= 0.6 is 0 Å². The van der Waals surface area contributed by atoms with Crippen molar-refractivity contribution in [3.8, 4) is 0 Å². The largest absolute Gasteiger partial charge is 0.415 e. The number of rotatable bonds is 8. The van der Waals surface area contributed by atoms with Crippen LogP contribution in [-0.2, 0) is 4.43 Å². The minimum atomic E-state index is -1.43. The molecule has 1 saturated heterocycles. The molecular formula is C17H38OSi2. The Balaban J connectivity index is 2.72. The van der Waals surface area contributed by atoms with E-state index in [4.69, 9.17) is 4.43 Å². The third-order valence-electron chi connectivity index (χ3n) is 5.78. The smallest absolute Gasteiger partial charge is 0.174 e. The van der Waals surface area contributed by atoms with E-state index in [9.17, 15) is 0 Å². The van der Waals surface area contributed by atoms with Crippen molar-refractivity contribution in [3.05, 3.63) is 0 Å². The van der Waals surface area contributed by atoms with Gasteiger partial charge in [0.05, 0.1) is 13.2 Å². The molecule has 1 aliphatic rings. The molecule has 0 aromatic carbocycles. The van der Waals surface area contributed by atoms with E-state index in [1.165, 1.54) is 63.8 Å². The standard InChI is InChI=1S/C17H38OSi2/c1-7-9-11-13-17(14-12-10-8-2)15-16-19(3,4)20(5,6)18-17/h7-16H2,1-6H3. The van der Waals surface area contributed by atoms with Gasteiger partial charge >= 0.3 is 0 Å². The summed E-state index contributed by atoms with van der Waals surface area (Å²) in [6, 6.07) is 1.50. The van der Waals surface area contributed by atoms with Crippen LogP contribution in [0.5, 0.6) is 0 Å². The molecule has 120 valence electrons. The van der Waals surface area contributed by atoms with Gasteiger partial charge in [0.25, 0.3) is 0 Å². The molecule has 0 N–H and O–H groups in total. The zero-order chi connectivity index (χ0) is 15.3. The van der Waals surface area contributed by atoms with Gasteiger partial charge in [-0.1, -0.05) is 71.5 Å². The van der Waals surface area contributed by atoms with Crippen molar-refractivity contribution in [1.29, 1.82) is 0 Å². The van der Waals surface area contributed by atoms with E-state index in [-0.39, 0.29) is 5.60 Å². The summed E-state index contributed by atoms with van der Waals surface area (Å²) >= 11 is 0. The van der Waals surface area contributed by atoms with Crippen LogP contribution in [0.3, 0.4) is 0 Å². The Bertz CT molecular complexity index is 277. The van der Waals surface area contributed by atoms with Crippen LogP contribution in [0.1, 0.15) is 71.6 Å². The highest BCUT2D eigenvalue weighted by Crippen LogP contribution is 2.44. The molecule has 0 radical (unpaired) electrons. The van der Waals surface area contributed by atoms with Crippen molar-refractivity contribution >= 4 is 15.4 Å². The molecule has 0 aromatic rings. The van der Waals surface area contributed by atoms with Crippen LogP contribution < -0.4 is 0 Å². The second kappa shape index (κ2) is 7.59. The molecule has 0 saturated carbocycles. The Hall–Kier alpha value is 0.394. The molecule has 0 spiro atoms. The second-order valence-corrected chi connectivity index (χ2v) is 23.3. The Morgan fingerprint density at radius 1 is 0.850 bits per heavy atom. The summed E-state index contributed by atoms with van der Waals surface area (Å²) in [7, 11) is -2.52. The first-order chi connectivity index (χ1) is 9.29. The molecule has 0 bridgehead atoms. The minimum Gasteiger partial charge on any atom is -0.415 e. The first kappa shape index (κ1) is 18.4. The lowest BCUT2D eigenvalue weighted by Crippen LogP contribution is -2.65. The SMILES string of the molecule is CCCCCC1(CCCCC)CC[Si](C)(C)[Si](C)(C)O1. The maximum absolute atomic E-state index is 6.97. The molecule has 0 amide bonds. The predicted octanol–water partition coefficient (Wildman–Crippen LogP) is 6.30. The van der Waals surface area contributed by atoms with Crippen LogP contribution in [-0.4, -0.2) is 21.0 Å². The van der Waals surface area contributed by atoms with Crippen molar-refractivity contribution in [2.75, 3.05) is 0 Å². The van der Waals surface area contributed by atoms with E-state index in [0.29, 0.717) is 0 Å². The summed E-state index contributed by atoms with van der Waals surface area (Å²) in [5.41, 5.74) is 0.266. The van der Waals surface area contributed by atoms with Gasteiger partial charge < -0.3 is 4.43 Å². The van der Waals surface area contributed by atoms with Gasteiger partial charge in [-0.25, -0.2) is 0 Å². The van der Waals surface area contributed by atoms with Gasteiger partial charge in [-0.3, -0.25) is 0 Å². The molecule has 1 rings (SSSR count).